The first-order chi connectivity index (χ1) is 8.31. The molecule has 1 rings (SSSR count). The highest BCUT2D eigenvalue weighted by molar-refractivity contribution is 5.90. The topological polar surface area (TPSA) is 64.3 Å². The van der Waals surface area contributed by atoms with E-state index in [1.165, 1.54) is 6.92 Å². The van der Waals surface area contributed by atoms with Crippen LogP contribution >= 0.6 is 0 Å². The van der Waals surface area contributed by atoms with Gasteiger partial charge >= 0.3 is 0 Å². The van der Waals surface area contributed by atoms with Gasteiger partial charge in [-0.05, 0) is 44.4 Å². The number of nitrogens with one attached hydrogen (secondary N) is 1. The summed E-state index contributed by atoms with van der Waals surface area (Å²) in [5.74, 6) is 0.561. The zero-order chi connectivity index (χ0) is 13.8. The lowest BCUT2D eigenvalue weighted by Crippen LogP contribution is -2.32. The minimum absolute atomic E-state index is 0.107. The molecule has 100 valence electrons. The number of anilines is 1. The van der Waals surface area contributed by atoms with Crippen LogP contribution in [0.3, 0.4) is 0 Å². The molecule has 0 aliphatic rings. The molecular weight excluding hydrogens is 228 g/mol. The molecule has 0 bridgehead atoms. The Morgan fingerprint density at radius 3 is 2.61 bits per heavy atom. The van der Waals surface area contributed by atoms with E-state index in [0.717, 1.165) is 18.4 Å². The quantitative estimate of drug-likeness (QED) is 0.843. The Morgan fingerprint density at radius 2 is 2.11 bits per heavy atom. The van der Waals surface area contributed by atoms with Crippen molar-refractivity contribution in [2.45, 2.75) is 39.2 Å². The predicted octanol–water partition coefficient (Wildman–Crippen LogP) is 2.32. The summed E-state index contributed by atoms with van der Waals surface area (Å²) in [5, 5.41) is 2.77. The first-order valence-electron chi connectivity index (χ1n) is 6.05. The van der Waals surface area contributed by atoms with E-state index >= 15 is 0 Å². The van der Waals surface area contributed by atoms with Crippen LogP contribution in [-0.4, -0.2) is 18.6 Å². The average molecular weight is 250 g/mol. The molecule has 0 saturated carbocycles. The van der Waals surface area contributed by atoms with Crippen LogP contribution in [-0.2, 0) is 11.2 Å². The van der Waals surface area contributed by atoms with Gasteiger partial charge in [0.2, 0.25) is 5.91 Å². The van der Waals surface area contributed by atoms with Gasteiger partial charge in [0.05, 0.1) is 12.8 Å². The van der Waals surface area contributed by atoms with Crippen LogP contribution in [0.15, 0.2) is 18.2 Å². The molecule has 0 aliphatic heterocycles. The standard InChI is InChI=1S/C14H22N2O2/c1-10(17)16-12-9-11(5-6-13(12)18-4)7-8-14(2,3)15/h5-6,9H,7-8,15H2,1-4H3,(H,16,17). The van der Waals surface area contributed by atoms with Crippen molar-refractivity contribution >= 4 is 11.6 Å². The molecule has 1 aromatic carbocycles. The van der Waals surface area contributed by atoms with E-state index in [4.69, 9.17) is 10.5 Å². The number of carbonyl (C=O) groups excluding carboxylic acids is 1. The third kappa shape index (κ3) is 4.75. The molecule has 0 atom stereocenters. The molecule has 4 nitrogen and oxygen atoms in total. The molecule has 0 heterocycles. The van der Waals surface area contributed by atoms with Gasteiger partial charge < -0.3 is 15.8 Å². The summed E-state index contributed by atoms with van der Waals surface area (Å²) >= 11 is 0. The normalized spacial score (nSPS) is 11.2. The molecular formula is C14H22N2O2. The van der Waals surface area contributed by atoms with Gasteiger partial charge in [0.25, 0.3) is 0 Å². The molecule has 1 amide bonds. The highest BCUT2D eigenvalue weighted by Gasteiger charge is 2.12. The maximum Gasteiger partial charge on any atom is 0.221 e. The van der Waals surface area contributed by atoms with Crippen LogP contribution in [0.1, 0.15) is 32.8 Å². The number of benzene rings is 1. The van der Waals surface area contributed by atoms with E-state index < -0.39 is 0 Å². The van der Waals surface area contributed by atoms with Crippen molar-refractivity contribution in [1.82, 2.24) is 0 Å². The van der Waals surface area contributed by atoms with Gasteiger partial charge in [0, 0.05) is 12.5 Å². The Labute approximate surface area is 109 Å². The smallest absolute Gasteiger partial charge is 0.221 e. The third-order valence-electron chi connectivity index (χ3n) is 2.63. The second-order valence-corrected chi connectivity index (χ2v) is 5.20. The minimum atomic E-state index is -0.186. The molecule has 4 heteroatoms. The Kier molecular flexibility index (Phi) is 4.73. The molecule has 0 spiro atoms. The van der Waals surface area contributed by atoms with Crippen LogP contribution in [0.2, 0.25) is 0 Å². The van der Waals surface area contributed by atoms with Crippen molar-refractivity contribution in [3.05, 3.63) is 23.8 Å². The Hall–Kier alpha value is -1.55. The summed E-state index contributed by atoms with van der Waals surface area (Å²) in [6, 6.07) is 5.80. The third-order valence-corrected chi connectivity index (χ3v) is 2.63. The summed E-state index contributed by atoms with van der Waals surface area (Å²) in [4.78, 5) is 11.1. The van der Waals surface area contributed by atoms with Gasteiger partial charge in [0.15, 0.2) is 0 Å². The van der Waals surface area contributed by atoms with Gasteiger partial charge in [-0.25, -0.2) is 0 Å². The fourth-order valence-corrected chi connectivity index (χ4v) is 1.66. The van der Waals surface area contributed by atoms with Crippen molar-refractivity contribution in [3.63, 3.8) is 0 Å². The van der Waals surface area contributed by atoms with Crippen molar-refractivity contribution < 1.29 is 9.53 Å². The zero-order valence-corrected chi connectivity index (χ0v) is 11.5. The number of aryl methyl sites for hydroxylation is 1. The van der Waals surface area contributed by atoms with Gasteiger partial charge in [-0.3, -0.25) is 4.79 Å². The van der Waals surface area contributed by atoms with Crippen molar-refractivity contribution in [2.75, 3.05) is 12.4 Å². The highest BCUT2D eigenvalue weighted by atomic mass is 16.5. The van der Waals surface area contributed by atoms with Crippen LogP contribution < -0.4 is 15.8 Å². The Morgan fingerprint density at radius 1 is 1.44 bits per heavy atom. The van der Waals surface area contributed by atoms with Crippen LogP contribution in [0, 0.1) is 0 Å². The lowest BCUT2D eigenvalue weighted by molar-refractivity contribution is -0.114. The number of hydrogen-bond donors (Lipinski definition) is 2. The second kappa shape index (κ2) is 5.87. The molecule has 0 aromatic heterocycles. The van der Waals surface area contributed by atoms with E-state index in [1.54, 1.807) is 7.11 Å². The molecule has 1 aromatic rings. The molecule has 0 radical (unpaired) electrons. The van der Waals surface area contributed by atoms with E-state index in [2.05, 4.69) is 5.32 Å². The van der Waals surface area contributed by atoms with E-state index in [9.17, 15) is 4.79 Å². The lowest BCUT2D eigenvalue weighted by atomic mass is 9.96. The number of methoxy groups -OCH3 is 1. The number of rotatable bonds is 5. The monoisotopic (exact) mass is 250 g/mol. The van der Waals surface area contributed by atoms with Crippen molar-refractivity contribution in [3.8, 4) is 5.75 Å². The number of ether oxygens (including phenoxy) is 1. The largest absolute Gasteiger partial charge is 0.495 e. The summed E-state index contributed by atoms with van der Waals surface area (Å²) in [7, 11) is 1.59. The lowest BCUT2D eigenvalue weighted by Gasteiger charge is -2.18. The summed E-state index contributed by atoms with van der Waals surface area (Å²) < 4.78 is 5.21. The average Bonchev–Trinajstić information content (AvgIpc) is 2.25. The SMILES string of the molecule is COc1ccc(CCC(C)(C)N)cc1NC(C)=O. The fourth-order valence-electron chi connectivity index (χ4n) is 1.66. The number of hydrogen-bond acceptors (Lipinski definition) is 3. The maximum absolute atomic E-state index is 11.1. The van der Waals surface area contributed by atoms with Crippen LogP contribution in [0.4, 0.5) is 5.69 Å². The fraction of sp³-hybridized carbons (Fsp3) is 0.500. The minimum Gasteiger partial charge on any atom is -0.495 e. The van der Waals surface area contributed by atoms with Crippen LogP contribution in [0.25, 0.3) is 0 Å². The highest BCUT2D eigenvalue weighted by Crippen LogP contribution is 2.26. The van der Waals surface area contributed by atoms with Gasteiger partial charge in [0.1, 0.15) is 5.75 Å². The Bertz CT molecular complexity index is 422. The molecule has 0 saturated heterocycles. The summed E-state index contributed by atoms with van der Waals surface area (Å²) in [5.41, 5.74) is 7.62. The first-order valence-corrected chi connectivity index (χ1v) is 6.05. The molecule has 0 fully saturated rings. The number of nitrogens with two attached hydrogens (primary N) is 1. The summed E-state index contributed by atoms with van der Waals surface area (Å²) in [6.45, 7) is 5.49. The molecule has 0 aliphatic carbocycles. The predicted molar refractivity (Wildman–Crippen MR) is 73.9 cm³/mol. The van der Waals surface area contributed by atoms with Gasteiger partial charge in [-0.1, -0.05) is 6.07 Å². The molecule has 0 unspecified atom stereocenters. The van der Waals surface area contributed by atoms with Gasteiger partial charge in [-0.2, -0.15) is 0 Å². The maximum atomic E-state index is 11.1. The molecule has 18 heavy (non-hydrogen) atoms. The number of carbonyl (C=O) groups is 1. The molecule has 3 N–H and O–H groups in total. The Balaban J connectivity index is 2.85. The van der Waals surface area contributed by atoms with Gasteiger partial charge in [-0.15, -0.1) is 0 Å². The van der Waals surface area contributed by atoms with E-state index in [-0.39, 0.29) is 11.4 Å². The first kappa shape index (κ1) is 14.5. The zero-order valence-electron chi connectivity index (χ0n) is 11.5. The van der Waals surface area contributed by atoms with Crippen molar-refractivity contribution in [1.29, 1.82) is 0 Å². The number of amides is 1. The van der Waals surface area contributed by atoms with E-state index in [1.807, 2.05) is 32.0 Å². The van der Waals surface area contributed by atoms with E-state index in [0.29, 0.717) is 11.4 Å². The summed E-state index contributed by atoms with van der Waals surface area (Å²) in [6.07, 6.45) is 1.76. The van der Waals surface area contributed by atoms with Crippen molar-refractivity contribution in [2.24, 2.45) is 5.73 Å². The van der Waals surface area contributed by atoms with Crippen LogP contribution in [0.5, 0.6) is 5.75 Å². The second-order valence-electron chi connectivity index (χ2n) is 5.20.